The summed E-state index contributed by atoms with van der Waals surface area (Å²) in [6.45, 7) is 0. The lowest BCUT2D eigenvalue weighted by atomic mass is 10.2. The minimum atomic E-state index is 0.159. The standard InChI is InChI=1S/C17H10N3O2/c18-12-13-6-4-9-15(22-17-19-10-5-11-20-17)16(13)21-14-7-2-1-3-8-14/h1-8,10-11H. The molecule has 5 heteroatoms. The van der Waals surface area contributed by atoms with Crippen molar-refractivity contribution in [1.82, 2.24) is 9.97 Å². The fourth-order valence-electron chi connectivity index (χ4n) is 1.77. The summed E-state index contributed by atoms with van der Waals surface area (Å²) in [4.78, 5) is 7.97. The minimum absolute atomic E-state index is 0.159. The Bertz CT molecular complexity index is 799. The number of aromatic nitrogens is 2. The van der Waals surface area contributed by atoms with Gasteiger partial charge in [-0.2, -0.15) is 5.26 Å². The van der Waals surface area contributed by atoms with E-state index >= 15 is 0 Å². The molecule has 0 unspecified atom stereocenters. The van der Waals surface area contributed by atoms with Gasteiger partial charge < -0.3 is 9.47 Å². The predicted molar refractivity (Wildman–Crippen MR) is 78.6 cm³/mol. The quantitative estimate of drug-likeness (QED) is 0.731. The first-order valence-corrected chi connectivity index (χ1v) is 6.49. The van der Waals surface area contributed by atoms with Crippen LogP contribution in [0.25, 0.3) is 0 Å². The van der Waals surface area contributed by atoms with Crippen LogP contribution >= 0.6 is 0 Å². The lowest BCUT2D eigenvalue weighted by molar-refractivity contribution is 0.397. The Hall–Kier alpha value is -3.39. The third-order valence-electron chi connectivity index (χ3n) is 2.73. The van der Waals surface area contributed by atoms with Gasteiger partial charge in [0.05, 0.1) is 5.56 Å². The average molecular weight is 288 g/mol. The zero-order valence-corrected chi connectivity index (χ0v) is 11.4. The van der Waals surface area contributed by atoms with Crippen molar-refractivity contribution < 1.29 is 9.47 Å². The molecular weight excluding hydrogens is 278 g/mol. The van der Waals surface area contributed by atoms with Crippen LogP contribution in [0.3, 0.4) is 0 Å². The van der Waals surface area contributed by atoms with Crippen molar-refractivity contribution in [3.05, 3.63) is 72.6 Å². The normalized spacial score (nSPS) is 9.77. The first-order chi connectivity index (χ1) is 10.9. The van der Waals surface area contributed by atoms with Crippen LogP contribution in [0.2, 0.25) is 0 Å². The molecule has 22 heavy (non-hydrogen) atoms. The molecule has 0 amide bonds. The lowest BCUT2D eigenvalue weighted by Gasteiger charge is -2.12. The van der Waals surface area contributed by atoms with E-state index in [4.69, 9.17) is 9.47 Å². The Morgan fingerprint density at radius 2 is 1.73 bits per heavy atom. The maximum absolute atomic E-state index is 9.26. The maximum Gasteiger partial charge on any atom is 0.322 e. The SMILES string of the molecule is N#Cc1cc[c]c(Oc2ncccn2)c1Oc1ccccc1. The van der Waals surface area contributed by atoms with Gasteiger partial charge in [0.15, 0.2) is 11.5 Å². The van der Waals surface area contributed by atoms with E-state index in [2.05, 4.69) is 22.1 Å². The highest BCUT2D eigenvalue weighted by Crippen LogP contribution is 2.36. The summed E-state index contributed by atoms with van der Waals surface area (Å²) >= 11 is 0. The number of hydrogen-bond donors (Lipinski definition) is 0. The molecule has 0 fully saturated rings. The largest absolute Gasteiger partial charge is 0.452 e. The van der Waals surface area contributed by atoms with Crippen molar-refractivity contribution >= 4 is 0 Å². The van der Waals surface area contributed by atoms with Crippen molar-refractivity contribution in [3.63, 3.8) is 0 Å². The molecule has 3 aromatic rings. The predicted octanol–water partition coefficient (Wildman–Crippen LogP) is 3.73. The smallest absolute Gasteiger partial charge is 0.322 e. The number of hydrogen-bond acceptors (Lipinski definition) is 5. The van der Waals surface area contributed by atoms with Crippen molar-refractivity contribution in [3.8, 4) is 29.3 Å². The van der Waals surface area contributed by atoms with E-state index in [1.807, 2.05) is 18.2 Å². The molecule has 2 aromatic carbocycles. The molecule has 0 saturated carbocycles. The Morgan fingerprint density at radius 1 is 0.955 bits per heavy atom. The zero-order valence-electron chi connectivity index (χ0n) is 11.4. The molecule has 1 radical (unpaired) electrons. The highest BCUT2D eigenvalue weighted by molar-refractivity contribution is 5.54. The monoisotopic (exact) mass is 288 g/mol. The summed E-state index contributed by atoms with van der Waals surface area (Å²) in [6.07, 6.45) is 3.13. The molecule has 0 aliphatic carbocycles. The third kappa shape index (κ3) is 3.02. The van der Waals surface area contributed by atoms with Crippen molar-refractivity contribution in [2.75, 3.05) is 0 Å². The molecule has 0 spiro atoms. The summed E-state index contributed by atoms with van der Waals surface area (Å²) in [5.41, 5.74) is 0.341. The van der Waals surface area contributed by atoms with Crippen LogP contribution in [0.1, 0.15) is 5.56 Å². The van der Waals surface area contributed by atoms with E-state index in [9.17, 15) is 5.26 Å². The molecule has 0 N–H and O–H groups in total. The maximum atomic E-state index is 9.26. The van der Waals surface area contributed by atoms with Crippen LogP contribution in [0, 0.1) is 17.4 Å². The highest BCUT2D eigenvalue weighted by Gasteiger charge is 2.14. The van der Waals surface area contributed by atoms with Crippen molar-refractivity contribution in [2.24, 2.45) is 0 Å². The van der Waals surface area contributed by atoms with Crippen molar-refractivity contribution in [1.29, 1.82) is 5.26 Å². The molecule has 1 heterocycles. The summed E-state index contributed by atoms with van der Waals surface area (Å²) in [5.74, 6) is 1.13. The van der Waals surface area contributed by atoms with E-state index in [-0.39, 0.29) is 17.5 Å². The van der Waals surface area contributed by atoms with Crippen LogP contribution < -0.4 is 9.47 Å². The van der Waals surface area contributed by atoms with Gasteiger partial charge in [-0.1, -0.05) is 18.2 Å². The van der Waals surface area contributed by atoms with E-state index < -0.39 is 0 Å². The molecule has 3 rings (SSSR count). The van der Waals surface area contributed by atoms with Crippen LogP contribution in [0.4, 0.5) is 0 Å². The molecule has 1 aromatic heterocycles. The first-order valence-electron chi connectivity index (χ1n) is 6.49. The number of rotatable bonds is 4. The second-order valence-corrected chi connectivity index (χ2v) is 4.21. The van der Waals surface area contributed by atoms with Gasteiger partial charge in [0, 0.05) is 18.5 Å². The Balaban J connectivity index is 1.98. The molecular formula is C17H10N3O2. The van der Waals surface area contributed by atoms with Gasteiger partial charge in [-0.15, -0.1) is 0 Å². The van der Waals surface area contributed by atoms with Crippen LogP contribution in [0.5, 0.6) is 23.3 Å². The number of ether oxygens (including phenoxy) is 2. The lowest BCUT2D eigenvalue weighted by Crippen LogP contribution is -1.96. The van der Waals surface area contributed by atoms with Crippen LogP contribution in [-0.4, -0.2) is 9.97 Å². The average Bonchev–Trinajstić information content (AvgIpc) is 2.58. The Morgan fingerprint density at radius 3 is 2.45 bits per heavy atom. The molecule has 0 aliphatic heterocycles. The van der Waals surface area contributed by atoms with Gasteiger partial charge in [-0.05, 0) is 30.3 Å². The number of para-hydroxylation sites is 1. The van der Waals surface area contributed by atoms with Gasteiger partial charge in [0.1, 0.15) is 11.8 Å². The van der Waals surface area contributed by atoms with Gasteiger partial charge in [-0.3, -0.25) is 0 Å². The zero-order chi connectivity index (χ0) is 15.2. The van der Waals surface area contributed by atoms with Crippen LogP contribution in [0.15, 0.2) is 60.9 Å². The summed E-state index contributed by atoms with van der Waals surface area (Å²) < 4.78 is 11.3. The number of nitrogens with zero attached hydrogens (tertiary/aromatic N) is 3. The number of benzene rings is 2. The summed E-state index contributed by atoms with van der Waals surface area (Å²) in [6, 6.07) is 19.2. The highest BCUT2D eigenvalue weighted by atomic mass is 16.5. The summed E-state index contributed by atoms with van der Waals surface area (Å²) in [5, 5.41) is 9.26. The van der Waals surface area contributed by atoms with E-state index in [1.165, 1.54) is 0 Å². The van der Waals surface area contributed by atoms with Gasteiger partial charge in [0.2, 0.25) is 0 Å². The molecule has 0 aliphatic rings. The van der Waals surface area contributed by atoms with E-state index in [1.54, 1.807) is 42.7 Å². The molecule has 105 valence electrons. The fourth-order valence-corrected chi connectivity index (χ4v) is 1.77. The summed E-state index contributed by atoms with van der Waals surface area (Å²) in [7, 11) is 0. The number of nitriles is 1. The topological polar surface area (TPSA) is 68.0 Å². The Labute approximate surface area is 127 Å². The second kappa shape index (κ2) is 6.37. The second-order valence-electron chi connectivity index (χ2n) is 4.21. The molecule has 5 nitrogen and oxygen atoms in total. The van der Waals surface area contributed by atoms with Crippen LogP contribution in [-0.2, 0) is 0 Å². The first kappa shape index (κ1) is 13.6. The molecule has 0 atom stereocenters. The van der Waals surface area contributed by atoms with E-state index in [0.29, 0.717) is 11.3 Å². The van der Waals surface area contributed by atoms with Crippen molar-refractivity contribution in [2.45, 2.75) is 0 Å². The van der Waals surface area contributed by atoms with E-state index in [0.717, 1.165) is 0 Å². The molecule has 0 bridgehead atoms. The van der Waals surface area contributed by atoms with Gasteiger partial charge in [-0.25, -0.2) is 9.97 Å². The minimum Gasteiger partial charge on any atom is -0.452 e. The molecule has 0 saturated heterocycles. The van der Waals surface area contributed by atoms with Gasteiger partial charge >= 0.3 is 6.01 Å². The Kier molecular flexibility index (Phi) is 3.94. The fraction of sp³-hybridized carbons (Fsp3) is 0. The third-order valence-corrected chi connectivity index (χ3v) is 2.73. The van der Waals surface area contributed by atoms with Gasteiger partial charge in [0.25, 0.3) is 0 Å².